The molecule has 1 atom stereocenters. The molecule has 0 heterocycles. The van der Waals surface area contributed by atoms with E-state index in [0.29, 0.717) is 35.5 Å². The molecule has 0 aromatic heterocycles. The molecule has 2 aromatic carbocycles. The Morgan fingerprint density at radius 3 is 2.09 bits per heavy atom. The number of nitrogens with zero attached hydrogens (tertiary/aromatic N) is 3. The van der Waals surface area contributed by atoms with E-state index < -0.39 is 17.7 Å². The van der Waals surface area contributed by atoms with E-state index in [4.69, 9.17) is 42.3 Å². The molecule has 33 heavy (non-hydrogen) atoms. The zero-order valence-corrected chi connectivity index (χ0v) is 20.4. The molecular formula is C22H25Cl2N3O6. The second-order valence-electron chi connectivity index (χ2n) is 6.51. The number of carbonyl (C=O) groups is 2. The molecule has 2 rings (SSSR count). The zero-order valence-electron chi connectivity index (χ0n) is 18.9. The third-order valence-corrected chi connectivity index (χ3v) is 4.94. The molecule has 0 bridgehead atoms. The van der Waals surface area contributed by atoms with Gasteiger partial charge in [-0.3, -0.25) is 9.59 Å². The van der Waals surface area contributed by atoms with Gasteiger partial charge in [0.05, 0.1) is 38.1 Å². The maximum Gasteiger partial charge on any atom is 0.276 e. The van der Waals surface area contributed by atoms with Crippen molar-refractivity contribution in [3.8, 4) is 23.0 Å². The maximum atomic E-state index is 13.0. The number of benzene rings is 2. The standard InChI is InChI=1S/C22H25Cl2N3O6/c1-6-32-20-17(23)8-9-18(21(20)33-7-2)25-26-19(13(3)28)22(29)27(24)14-10-15(30-4)12-16(11-14)31-5/h8-12,19H,6-7H2,1-5H3. The first-order valence-electron chi connectivity index (χ1n) is 9.99. The van der Waals surface area contributed by atoms with Gasteiger partial charge in [0.1, 0.15) is 17.2 Å². The predicted molar refractivity (Wildman–Crippen MR) is 126 cm³/mol. The fourth-order valence-corrected chi connectivity index (χ4v) is 3.13. The van der Waals surface area contributed by atoms with E-state index in [1.54, 1.807) is 32.0 Å². The van der Waals surface area contributed by atoms with Crippen LogP contribution < -0.4 is 23.4 Å². The molecular weight excluding hydrogens is 473 g/mol. The van der Waals surface area contributed by atoms with Crippen LogP contribution in [0.15, 0.2) is 40.6 Å². The summed E-state index contributed by atoms with van der Waals surface area (Å²) in [6.07, 6.45) is 0. The van der Waals surface area contributed by atoms with Gasteiger partial charge in [0.15, 0.2) is 17.3 Å². The van der Waals surface area contributed by atoms with Crippen LogP contribution in [0, 0.1) is 0 Å². The van der Waals surface area contributed by atoms with Gasteiger partial charge in [-0.15, -0.1) is 0 Å². The number of rotatable bonds is 11. The number of anilines is 1. The molecule has 0 saturated carbocycles. The topological polar surface area (TPSA) is 99.0 Å². The minimum absolute atomic E-state index is 0.236. The molecule has 1 unspecified atom stereocenters. The SMILES string of the molecule is CCOc1c(Cl)ccc(N=NC(C(C)=O)C(=O)N(Cl)c2cc(OC)cc(OC)c2)c1OCC. The Kier molecular flexibility index (Phi) is 9.74. The highest BCUT2D eigenvalue weighted by atomic mass is 35.5. The number of ether oxygens (including phenoxy) is 4. The second-order valence-corrected chi connectivity index (χ2v) is 7.25. The summed E-state index contributed by atoms with van der Waals surface area (Å²) in [5.74, 6) is 0.0159. The lowest BCUT2D eigenvalue weighted by Gasteiger charge is -2.18. The van der Waals surface area contributed by atoms with Crippen LogP contribution in [0.2, 0.25) is 5.02 Å². The maximum absolute atomic E-state index is 13.0. The van der Waals surface area contributed by atoms with Crippen molar-refractivity contribution in [1.82, 2.24) is 0 Å². The van der Waals surface area contributed by atoms with Gasteiger partial charge in [0, 0.05) is 30.0 Å². The van der Waals surface area contributed by atoms with Gasteiger partial charge >= 0.3 is 0 Å². The lowest BCUT2D eigenvalue weighted by molar-refractivity contribution is -0.126. The number of methoxy groups -OCH3 is 2. The average Bonchev–Trinajstić information content (AvgIpc) is 2.81. The number of halogens is 2. The van der Waals surface area contributed by atoms with Gasteiger partial charge in [-0.2, -0.15) is 10.2 Å². The fraction of sp³-hybridized carbons (Fsp3) is 0.364. The summed E-state index contributed by atoms with van der Waals surface area (Å²) in [7, 11) is 2.92. The largest absolute Gasteiger partial charge is 0.497 e. The summed E-state index contributed by atoms with van der Waals surface area (Å²) in [4.78, 5) is 25.2. The van der Waals surface area contributed by atoms with Crippen LogP contribution in [-0.2, 0) is 9.59 Å². The number of hydrogen-bond acceptors (Lipinski definition) is 8. The van der Waals surface area contributed by atoms with Crippen molar-refractivity contribution in [1.29, 1.82) is 0 Å². The normalized spacial score (nSPS) is 11.7. The van der Waals surface area contributed by atoms with Crippen molar-refractivity contribution in [2.45, 2.75) is 26.8 Å². The van der Waals surface area contributed by atoms with Gasteiger partial charge in [-0.25, -0.2) is 4.42 Å². The van der Waals surface area contributed by atoms with Crippen molar-refractivity contribution >= 4 is 46.4 Å². The summed E-state index contributed by atoms with van der Waals surface area (Å²) in [5, 5.41) is 8.37. The number of amides is 1. The molecule has 0 N–H and O–H groups in total. The van der Waals surface area contributed by atoms with E-state index >= 15 is 0 Å². The molecule has 0 saturated heterocycles. The highest BCUT2D eigenvalue weighted by molar-refractivity contribution is 6.39. The van der Waals surface area contributed by atoms with Crippen LogP contribution in [0.3, 0.4) is 0 Å². The van der Waals surface area contributed by atoms with Crippen LogP contribution in [0.1, 0.15) is 20.8 Å². The molecule has 2 aromatic rings. The Bertz CT molecular complexity index is 1010. The lowest BCUT2D eigenvalue weighted by Crippen LogP contribution is -2.36. The van der Waals surface area contributed by atoms with Crippen LogP contribution in [-0.4, -0.2) is 45.2 Å². The molecule has 11 heteroatoms. The van der Waals surface area contributed by atoms with E-state index in [0.717, 1.165) is 4.42 Å². The van der Waals surface area contributed by atoms with Crippen molar-refractivity contribution in [2.75, 3.05) is 31.9 Å². The Labute approximate surface area is 202 Å². The summed E-state index contributed by atoms with van der Waals surface area (Å²) in [6, 6.07) is 6.26. The minimum atomic E-state index is -1.50. The quantitative estimate of drug-likeness (QED) is 0.234. The Hall–Kier alpha value is -3.04. The predicted octanol–water partition coefficient (Wildman–Crippen LogP) is 5.38. The summed E-state index contributed by atoms with van der Waals surface area (Å²) < 4.78 is 22.3. The zero-order chi connectivity index (χ0) is 24.5. The number of hydrogen-bond donors (Lipinski definition) is 0. The summed E-state index contributed by atoms with van der Waals surface area (Å²) in [5.41, 5.74) is 0.479. The van der Waals surface area contributed by atoms with E-state index in [9.17, 15) is 9.59 Å². The van der Waals surface area contributed by atoms with E-state index in [1.807, 2.05) is 0 Å². The highest BCUT2D eigenvalue weighted by Gasteiger charge is 2.30. The molecule has 9 nitrogen and oxygen atoms in total. The summed E-state index contributed by atoms with van der Waals surface area (Å²) in [6.45, 7) is 5.46. The Balaban J connectivity index is 2.41. The van der Waals surface area contributed by atoms with Crippen molar-refractivity contribution in [2.24, 2.45) is 10.2 Å². The molecule has 0 radical (unpaired) electrons. The van der Waals surface area contributed by atoms with E-state index in [1.165, 1.54) is 33.3 Å². The van der Waals surface area contributed by atoms with E-state index in [2.05, 4.69) is 10.2 Å². The van der Waals surface area contributed by atoms with Crippen LogP contribution >= 0.6 is 23.4 Å². The molecule has 0 aliphatic carbocycles. The van der Waals surface area contributed by atoms with Gasteiger partial charge in [0.2, 0.25) is 6.04 Å². The number of Topliss-reactive ketones (excluding diaryl/α,β-unsaturated/α-hetero) is 1. The number of carbonyl (C=O) groups excluding carboxylic acids is 2. The van der Waals surface area contributed by atoms with Crippen LogP contribution in [0.5, 0.6) is 23.0 Å². The molecule has 0 spiro atoms. The first-order chi connectivity index (χ1) is 15.8. The van der Waals surface area contributed by atoms with Gasteiger partial charge in [-0.05, 0) is 32.9 Å². The smallest absolute Gasteiger partial charge is 0.276 e. The molecule has 178 valence electrons. The Morgan fingerprint density at radius 2 is 1.58 bits per heavy atom. The molecule has 1 amide bonds. The van der Waals surface area contributed by atoms with Crippen molar-refractivity contribution < 1.29 is 28.5 Å². The second kappa shape index (κ2) is 12.3. The third kappa shape index (κ3) is 6.49. The fourth-order valence-electron chi connectivity index (χ4n) is 2.73. The van der Waals surface area contributed by atoms with Crippen molar-refractivity contribution in [3.63, 3.8) is 0 Å². The molecule has 0 aliphatic rings. The third-order valence-electron chi connectivity index (χ3n) is 4.28. The minimum Gasteiger partial charge on any atom is -0.497 e. The van der Waals surface area contributed by atoms with Gasteiger partial charge in [-0.1, -0.05) is 11.6 Å². The van der Waals surface area contributed by atoms with Crippen LogP contribution in [0.4, 0.5) is 11.4 Å². The highest BCUT2D eigenvalue weighted by Crippen LogP contribution is 2.43. The average molecular weight is 498 g/mol. The first-order valence-corrected chi connectivity index (χ1v) is 10.7. The number of azo groups is 1. The molecule has 0 aliphatic heterocycles. The van der Waals surface area contributed by atoms with Crippen molar-refractivity contribution in [3.05, 3.63) is 35.4 Å². The van der Waals surface area contributed by atoms with E-state index in [-0.39, 0.29) is 17.1 Å². The Morgan fingerprint density at radius 1 is 1.00 bits per heavy atom. The lowest BCUT2D eigenvalue weighted by atomic mass is 10.2. The van der Waals surface area contributed by atoms with Gasteiger partial charge < -0.3 is 18.9 Å². The monoisotopic (exact) mass is 497 g/mol. The number of ketones is 1. The first kappa shape index (κ1) is 26.2. The van der Waals surface area contributed by atoms with Gasteiger partial charge in [0.25, 0.3) is 5.91 Å². The summed E-state index contributed by atoms with van der Waals surface area (Å²) >= 11 is 12.5. The van der Waals surface area contributed by atoms with Crippen LogP contribution in [0.25, 0.3) is 0 Å². The molecule has 0 fully saturated rings.